The molecule has 2 N–H and O–H groups in total. The molecule has 130 valence electrons. The van der Waals surface area contributed by atoms with Gasteiger partial charge >= 0.3 is 0 Å². The molecule has 0 aliphatic rings. The summed E-state index contributed by atoms with van der Waals surface area (Å²) in [4.78, 5) is 24.5. The van der Waals surface area contributed by atoms with Crippen molar-refractivity contribution in [1.82, 2.24) is 10.6 Å². The third-order valence-electron chi connectivity index (χ3n) is 4.32. The number of furan rings is 1. The maximum Gasteiger partial charge on any atom is 0.287 e. The number of hydrogen-bond acceptors (Lipinski definition) is 3. The number of hydrogen-bond donors (Lipinski definition) is 2. The van der Waals surface area contributed by atoms with Crippen LogP contribution in [-0.2, 0) is 4.79 Å². The Labute approximate surface area is 146 Å². The second-order valence-electron chi connectivity index (χ2n) is 6.21. The summed E-state index contributed by atoms with van der Waals surface area (Å²) >= 11 is 0. The van der Waals surface area contributed by atoms with Crippen LogP contribution in [0.1, 0.15) is 36.4 Å². The molecule has 0 aliphatic heterocycles. The van der Waals surface area contributed by atoms with Crippen molar-refractivity contribution >= 4 is 33.6 Å². The summed E-state index contributed by atoms with van der Waals surface area (Å²) in [5.74, 6) is -0.326. The molecule has 0 saturated heterocycles. The van der Waals surface area contributed by atoms with Crippen LogP contribution in [0.2, 0.25) is 0 Å². The van der Waals surface area contributed by atoms with Gasteiger partial charge < -0.3 is 15.1 Å². The fourth-order valence-corrected chi connectivity index (χ4v) is 2.89. The highest BCUT2D eigenvalue weighted by molar-refractivity contribution is 6.09. The molecule has 3 aromatic rings. The standard InChI is InChI=1S/C20H22N2O3/c1-4-11-21-19(23)13(3)22-20(24)17-12(2)15-10-9-14-7-5-6-8-16(14)18(15)25-17/h5-10,13H,4,11H2,1-3H3,(H,21,23)(H,22,24)/t13-/m0/s1. The monoisotopic (exact) mass is 338 g/mol. The van der Waals surface area contributed by atoms with Gasteiger partial charge in [0, 0.05) is 22.9 Å². The molecule has 0 unspecified atom stereocenters. The van der Waals surface area contributed by atoms with Crippen molar-refractivity contribution < 1.29 is 14.0 Å². The Morgan fingerprint density at radius 2 is 1.88 bits per heavy atom. The SMILES string of the molecule is CCCNC(=O)[C@H](C)NC(=O)c1oc2c(ccc3ccccc32)c1C. The van der Waals surface area contributed by atoms with Gasteiger partial charge in [0.1, 0.15) is 11.6 Å². The molecule has 1 heterocycles. The van der Waals surface area contributed by atoms with Crippen LogP contribution in [0.3, 0.4) is 0 Å². The van der Waals surface area contributed by atoms with E-state index in [9.17, 15) is 9.59 Å². The van der Waals surface area contributed by atoms with Crippen molar-refractivity contribution in [3.8, 4) is 0 Å². The van der Waals surface area contributed by atoms with Crippen molar-refractivity contribution in [3.05, 3.63) is 47.7 Å². The van der Waals surface area contributed by atoms with E-state index in [-0.39, 0.29) is 17.6 Å². The molecule has 1 aromatic heterocycles. The molecule has 5 heteroatoms. The van der Waals surface area contributed by atoms with Gasteiger partial charge in [-0.25, -0.2) is 0 Å². The van der Waals surface area contributed by atoms with Gasteiger partial charge in [-0.15, -0.1) is 0 Å². The quantitative estimate of drug-likeness (QED) is 0.747. The second-order valence-corrected chi connectivity index (χ2v) is 6.21. The van der Waals surface area contributed by atoms with Crippen LogP contribution < -0.4 is 10.6 Å². The maximum absolute atomic E-state index is 12.6. The summed E-state index contributed by atoms with van der Waals surface area (Å²) < 4.78 is 5.89. The Kier molecular flexibility index (Phi) is 4.74. The molecule has 0 saturated carbocycles. The van der Waals surface area contributed by atoms with Crippen LogP contribution in [0.25, 0.3) is 21.7 Å². The van der Waals surface area contributed by atoms with E-state index in [4.69, 9.17) is 4.42 Å². The molecule has 0 bridgehead atoms. The lowest BCUT2D eigenvalue weighted by Crippen LogP contribution is -2.45. The highest BCUT2D eigenvalue weighted by Crippen LogP contribution is 2.31. The number of carbonyl (C=O) groups is 2. The third-order valence-corrected chi connectivity index (χ3v) is 4.32. The first-order chi connectivity index (χ1) is 12.0. The first-order valence-corrected chi connectivity index (χ1v) is 8.52. The van der Waals surface area contributed by atoms with Crippen LogP contribution in [0, 0.1) is 6.92 Å². The fraction of sp³-hybridized carbons (Fsp3) is 0.300. The number of carbonyl (C=O) groups excluding carboxylic acids is 2. The molecule has 5 nitrogen and oxygen atoms in total. The van der Waals surface area contributed by atoms with Crippen LogP contribution in [0.5, 0.6) is 0 Å². The lowest BCUT2D eigenvalue weighted by molar-refractivity contribution is -0.122. The van der Waals surface area contributed by atoms with Gasteiger partial charge in [0.15, 0.2) is 5.76 Å². The predicted octanol–water partition coefficient (Wildman–Crippen LogP) is 3.54. The molecular formula is C20H22N2O3. The minimum absolute atomic E-state index is 0.200. The molecule has 2 aromatic carbocycles. The molecular weight excluding hydrogens is 316 g/mol. The van der Waals surface area contributed by atoms with E-state index >= 15 is 0 Å². The Hall–Kier alpha value is -2.82. The topological polar surface area (TPSA) is 71.3 Å². The van der Waals surface area contributed by atoms with Crippen molar-refractivity contribution in [3.63, 3.8) is 0 Å². The lowest BCUT2D eigenvalue weighted by atomic mass is 10.1. The summed E-state index contributed by atoms with van der Waals surface area (Å²) in [6.07, 6.45) is 0.849. The Morgan fingerprint density at radius 3 is 2.64 bits per heavy atom. The van der Waals surface area contributed by atoms with E-state index < -0.39 is 6.04 Å². The molecule has 0 radical (unpaired) electrons. The highest BCUT2D eigenvalue weighted by Gasteiger charge is 2.22. The maximum atomic E-state index is 12.6. The zero-order valence-electron chi connectivity index (χ0n) is 14.7. The highest BCUT2D eigenvalue weighted by atomic mass is 16.3. The smallest absolute Gasteiger partial charge is 0.287 e. The van der Waals surface area contributed by atoms with E-state index in [0.29, 0.717) is 12.1 Å². The number of fused-ring (bicyclic) bond motifs is 3. The normalized spacial score (nSPS) is 12.3. The summed E-state index contributed by atoms with van der Waals surface area (Å²) in [6, 6.07) is 11.2. The Morgan fingerprint density at radius 1 is 1.12 bits per heavy atom. The average molecular weight is 338 g/mol. The van der Waals surface area contributed by atoms with Crippen LogP contribution in [0.15, 0.2) is 40.8 Å². The van der Waals surface area contributed by atoms with Crippen LogP contribution in [-0.4, -0.2) is 24.4 Å². The van der Waals surface area contributed by atoms with E-state index in [0.717, 1.165) is 28.1 Å². The van der Waals surface area contributed by atoms with Crippen molar-refractivity contribution in [2.45, 2.75) is 33.2 Å². The van der Waals surface area contributed by atoms with Gasteiger partial charge in [0.05, 0.1) is 0 Å². The number of benzene rings is 2. The van der Waals surface area contributed by atoms with Crippen LogP contribution >= 0.6 is 0 Å². The minimum Gasteiger partial charge on any atom is -0.450 e. The summed E-state index contributed by atoms with van der Waals surface area (Å²) in [5.41, 5.74) is 1.48. The largest absolute Gasteiger partial charge is 0.450 e. The summed E-state index contributed by atoms with van der Waals surface area (Å²) in [7, 11) is 0. The van der Waals surface area contributed by atoms with Gasteiger partial charge in [-0.1, -0.05) is 43.3 Å². The zero-order chi connectivity index (χ0) is 18.0. The van der Waals surface area contributed by atoms with Gasteiger partial charge in [0.25, 0.3) is 5.91 Å². The Balaban J connectivity index is 1.90. The van der Waals surface area contributed by atoms with Gasteiger partial charge in [-0.05, 0) is 25.7 Å². The molecule has 0 aliphatic carbocycles. The molecule has 2 amide bonds. The van der Waals surface area contributed by atoms with E-state index in [2.05, 4.69) is 10.6 Å². The van der Waals surface area contributed by atoms with Gasteiger partial charge in [-0.2, -0.15) is 0 Å². The minimum atomic E-state index is -0.622. The van der Waals surface area contributed by atoms with Crippen LogP contribution in [0.4, 0.5) is 0 Å². The number of rotatable bonds is 5. The molecule has 25 heavy (non-hydrogen) atoms. The summed E-state index contributed by atoms with van der Waals surface area (Å²) in [5, 5.41) is 8.42. The van der Waals surface area contributed by atoms with Crippen molar-refractivity contribution in [2.75, 3.05) is 6.54 Å². The van der Waals surface area contributed by atoms with E-state index in [1.807, 2.05) is 50.2 Å². The number of amides is 2. The first-order valence-electron chi connectivity index (χ1n) is 8.52. The van der Waals surface area contributed by atoms with Gasteiger partial charge in [-0.3, -0.25) is 9.59 Å². The fourth-order valence-electron chi connectivity index (χ4n) is 2.89. The second kappa shape index (κ2) is 6.97. The first kappa shape index (κ1) is 17.0. The lowest BCUT2D eigenvalue weighted by Gasteiger charge is -2.13. The molecule has 0 fully saturated rings. The molecule has 1 atom stereocenters. The number of aryl methyl sites for hydroxylation is 1. The summed E-state index contributed by atoms with van der Waals surface area (Å²) in [6.45, 7) is 6.09. The molecule has 3 rings (SSSR count). The molecule has 0 spiro atoms. The zero-order valence-corrected chi connectivity index (χ0v) is 14.7. The number of nitrogens with one attached hydrogen (secondary N) is 2. The van der Waals surface area contributed by atoms with Crippen molar-refractivity contribution in [1.29, 1.82) is 0 Å². The predicted molar refractivity (Wildman–Crippen MR) is 98.7 cm³/mol. The Bertz CT molecular complexity index is 943. The van der Waals surface area contributed by atoms with Crippen molar-refractivity contribution in [2.24, 2.45) is 0 Å². The third kappa shape index (κ3) is 3.22. The van der Waals surface area contributed by atoms with E-state index in [1.54, 1.807) is 6.92 Å². The van der Waals surface area contributed by atoms with Gasteiger partial charge in [0.2, 0.25) is 5.91 Å². The average Bonchev–Trinajstić information content (AvgIpc) is 2.97. The van der Waals surface area contributed by atoms with E-state index in [1.165, 1.54) is 0 Å².